The van der Waals surface area contributed by atoms with Crippen LogP contribution in [0, 0.1) is 0 Å². The van der Waals surface area contributed by atoms with Gasteiger partial charge in [0.2, 0.25) is 0 Å². The molecule has 2 amide bonds. The van der Waals surface area contributed by atoms with Crippen LogP contribution in [0.5, 0.6) is 5.75 Å². The van der Waals surface area contributed by atoms with Gasteiger partial charge in [-0.15, -0.1) is 0 Å². The van der Waals surface area contributed by atoms with Gasteiger partial charge in [-0.05, 0) is 89.7 Å². The second kappa shape index (κ2) is 16.3. The van der Waals surface area contributed by atoms with Gasteiger partial charge >= 0.3 is 0 Å². The van der Waals surface area contributed by atoms with Crippen LogP contribution in [0.15, 0.2) is 53.4 Å². The minimum absolute atomic E-state index is 0.0935. The van der Waals surface area contributed by atoms with E-state index in [2.05, 4.69) is 15.1 Å². The molecular formula is C34H53N5O4. The average molecular weight is 596 g/mol. The second-order valence-electron chi connectivity index (χ2n) is 11.5. The van der Waals surface area contributed by atoms with Gasteiger partial charge in [0, 0.05) is 63.3 Å². The number of aryl methyl sites for hydroxylation is 1. The van der Waals surface area contributed by atoms with Crippen molar-refractivity contribution in [2.75, 3.05) is 54.4 Å². The average Bonchev–Trinajstić information content (AvgIpc) is 3.59. The minimum atomic E-state index is -0.466. The van der Waals surface area contributed by atoms with Crippen LogP contribution in [0.3, 0.4) is 0 Å². The van der Waals surface area contributed by atoms with Gasteiger partial charge in [0.1, 0.15) is 11.4 Å². The van der Waals surface area contributed by atoms with Crippen LogP contribution >= 0.6 is 0 Å². The van der Waals surface area contributed by atoms with Gasteiger partial charge in [-0.1, -0.05) is 19.4 Å². The molecule has 2 heterocycles. The van der Waals surface area contributed by atoms with Crippen LogP contribution in [0.2, 0.25) is 0 Å². The van der Waals surface area contributed by atoms with E-state index in [1.54, 1.807) is 12.0 Å². The number of allylic oxidation sites excluding steroid dienone is 2. The fourth-order valence-corrected chi connectivity index (χ4v) is 4.82. The molecule has 2 N–H and O–H groups in total. The number of hydrogen-bond donors (Lipinski definition) is 2. The number of ether oxygens (including phenoxy) is 1. The Kier molecular flexibility index (Phi) is 13.5. The largest absolute Gasteiger partial charge is 0.497 e. The van der Waals surface area contributed by atoms with Crippen LogP contribution in [-0.2, 0) is 11.8 Å². The molecule has 2 atom stereocenters. The maximum absolute atomic E-state index is 13.4. The number of aliphatic hydroxyl groups is 1. The third kappa shape index (κ3) is 9.73. The molecule has 3 rings (SSSR count). The zero-order chi connectivity index (χ0) is 32.4. The van der Waals surface area contributed by atoms with Gasteiger partial charge in [-0.25, -0.2) is 0 Å². The predicted octanol–water partition coefficient (Wildman–Crippen LogP) is 4.84. The highest BCUT2D eigenvalue weighted by atomic mass is 16.5. The molecule has 1 fully saturated rings. The van der Waals surface area contributed by atoms with Crippen molar-refractivity contribution in [1.29, 1.82) is 0 Å². The molecule has 1 aliphatic rings. The summed E-state index contributed by atoms with van der Waals surface area (Å²) in [4.78, 5) is 32.5. The molecular weight excluding hydrogens is 542 g/mol. The van der Waals surface area contributed by atoms with Gasteiger partial charge in [-0.3, -0.25) is 9.59 Å². The molecule has 0 bridgehead atoms. The first-order valence-corrected chi connectivity index (χ1v) is 15.2. The summed E-state index contributed by atoms with van der Waals surface area (Å²) in [6.45, 7) is 14.6. The second-order valence-corrected chi connectivity index (χ2v) is 11.5. The molecule has 1 aliphatic heterocycles. The fourth-order valence-electron chi connectivity index (χ4n) is 4.82. The van der Waals surface area contributed by atoms with Crippen molar-refractivity contribution >= 4 is 11.8 Å². The molecule has 0 radical (unpaired) electrons. The monoisotopic (exact) mass is 595 g/mol. The molecule has 2 unspecified atom stereocenters. The molecule has 0 saturated carbocycles. The summed E-state index contributed by atoms with van der Waals surface area (Å²) in [5, 5.41) is 13.0. The maximum Gasteiger partial charge on any atom is 0.270 e. The van der Waals surface area contributed by atoms with Crippen LogP contribution in [-0.4, -0.2) is 96.7 Å². The SMILES string of the molecule is CC.COc1cc(-c2cc(C(=O)N3CCC(O)C3)n(C)c2)cc(C(C)NC(=O)C(/C=C(\C)N(C)CCN(C)C)=C(C)C)c1. The van der Waals surface area contributed by atoms with Gasteiger partial charge < -0.3 is 34.4 Å². The lowest BCUT2D eigenvalue weighted by molar-refractivity contribution is -0.117. The number of likely N-dealkylation sites (tertiary alicyclic amines) is 1. The van der Waals surface area contributed by atoms with Crippen LogP contribution < -0.4 is 10.1 Å². The van der Waals surface area contributed by atoms with E-state index in [4.69, 9.17) is 4.74 Å². The van der Waals surface area contributed by atoms with Crippen molar-refractivity contribution in [2.45, 2.75) is 60.1 Å². The highest BCUT2D eigenvalue weighted by molar-refractivity contribution is 5.97. The zero-order valence-corrected chi connectivity index (χ0v) is 28.1. The van der Waals surface area contributed by atoms with Crippen molar-refractivity contribution in [1.82, 2.24) is 24.6 Å². The van der Waals surface area contributed by atoms with E-state index >= 15 is 0 Å². The lowest BCUT2D eigenvalue weighted by atomic mass is 10.00. The van der Waals surface area contributed by atoms with Gasteiger partial charge in [-0.2, -0.15) is 0 Å². The molecule has 238 valence electrons. The van der Waals surface area contributed by atoms with E-state index in [1.807, 2.05) is 111 Å². The summed E-state index contributed by atoms with van der Waals surface area (Å²) >= 11 is 0. The van der Waals surface area contributed by atoms with E-state index < -0.39 is 6.10 Å². The van der Waals surface area contributed by atoms with Crippen LogP contribution in [0.1, 0.15) is 70.1 Å². The van der Waals surface area contributed by atoms with E-state index in [0.29, 0.717) is 36.5 Å². The van der Waals surface area contributed by atoms with Crippen LogP contribution in [0.4, 0.5) is 0 Å². The predicted molar refractivity (Wildman–Crippen MR) is 175 cm³/mol. The normalized spacial score (nSPS) is 15.5. The smallest absolute Gasteiger partial charge is 0.270 e. The summed E-state index contributed by atoms with van der Waals surface area (Å²) in [6, 6.07) is 7.46. The molecule has 9 heteroatoms. The summed E-state index contributed by atoms with van der Waals surface area (Å²) in [5.74, 6) is 0.435. The topological polar surface area (TPSA) is 90.3 Å². The summed E-state index contributed by atoms with van der Waals surface area (Å²) in [7, 11) is 9.59. The molecule has 43 heavy (non-hydrogen) atoms. The number of aromatic nitrogens is 1. The summed E-state index contributed by atoms with van der Waals surface area (Å²) in [5.41, 5.74) is 5.82. The number of benzene rings is 1. The van der Waals surface area contributed by atoms with Crippen molar-refractivity contribution in [3.8, 4) is 16.9 Å². The quantitative estimate of drug-likeness (QED) is 0.285. The van der Waals surface area contributed by atoms with Gasteiger partial charge in [0.05, 0.1) is 19.3 Å². The highest BCUT2D eigenvalue weighted by Crippen LogP contribution is 2.31. The maximum atomic E-state index is 13.4. The number of nitrogens with one attached hydrogen (secondary N) is 1. The first-order valence-electron chi connectivity index (χ1n) is 15.2. The third-order valence-corrected chi connectivity index (χ3v) is 7.64. The third-order valence-electron chi connectivity index (χ3n) is 7.64. The number of methoxy groups -OCH3 is 1. The molecule has 0 spiro atoms. The first-order chi connectivity index (χ1) is 20.3. The van der Waals surface area contributed by atoms with Crippen molar-refractivity contribution in [2.24, 2.45) is 7.05 Å². The molecule has 0 aliphatic carbocycles. The molecule has 1 saturated heterocycles. The number of aliphatic hydroxyl groups excluding tert-OH is 1. The Hall–Kier alpha value is -3.56. The van der Waals surface area contributed by atoms with E-state index in [1.165, 1.54) is 0 Å². The van der Waals surface area contributed by atoms with E-state index in [9.17, 15) is 14.7 Å². The zero-order valence-electron chi connectivity index (χ0n) is 28.1. The molecule has 2 aromatic rings. The number of β-amino-alcohol motifs (C(OH)–C–C–N with tert-alkyl or cyclic N) is 1. The fraction of sp³-hybridized carbons (Fsp3) is 0.529. The number of nitrogens with zero attached hydrogens (tertiary/aromatic N) is 4. The van der Waals surface area contributed by atoms with Crippen LogP contribution in [0.25, 0.3) is 11.1 Å². The summed E-state index contributed by atoms with van der Waals surface area (Å²) in [6.07, 6.45) is 4.00. The van der Waals surface area contributed by atoms with Crippen molar-refractivity contribution in [3.05, 3.63) is 64.6 Å². The lowest BCUT2D eigenvalue weighted by Crippen LogP contribution is -2.30. The highest BCUT2D eigenvalue weighted by Gasteiger charge is 2.27. The molecule has 1 aromatic carbocycles. The number of hydrogen-bond acceptors (Lipinski definition) is 6. The Bertz CT molecular complexity index is 1310. The Morgan fingerprint density at radius 1 is 1.09 bits per heavy atom. The Labute approximate surface area is 258 Å². The number of amides is 2. The lowest BCUT2D eigenvalue weighted by Gasteiger charge is -2.23. The Morgan fingerprint density at radius 2 is 1.77 bits per heavy atom. The van der Waals surface area contributed by atoms with E-state index in [0.717, 1.165) is 41.1 Å². The standard InChI is InChI=1S/C32H47N5O4.C2H6/c1-21(2)29(14-22(3)35(7)13-12-34(5)6)31(39)33-23(4)24-15-25(17-28(16-24)41-9)26-18-30(36(8)19-26)32(40)37-11-10-27(38)20-37;1-2/h14-19,23,27,38H,10-13,20H2,1-9H3,(H,33,39);1-2H3/b22-14+;. The Morgan fingerprint density at radius 3 is 2.33 bits per heavy atom. The number of rotatable bonds is 11. The minimum Gasteiger partial charge on any atom is -0.497 e. The molecule has 9 nitrogen and oxygen atoms in total. The van der Waals surface area contributed by atoms with E-state index in [-0.39, 0.29) is 17.9 Å². The number of carbonyl (C=O) groups excluding carboxylic acids is 2. The number of carbonyl (C=O) groups is 2. The van der Waals surface area contributed by atoms with Crippen molar-refractivity contribution in [3.63, 3.8) is 0 Å². The first kappa shape index (κ1) is 35.6. The van der Waals surface area contributed by atoms with Gasteiger partial charge in [0.25, 0.3) is 11.8 Å². The Balaban J connectivity index is 0.00000316. The molecule has 1 aromatic heterocycles. The van der Waals surface area contributed by atoms with Gasteiger partial charge in [0.15, 0.2) is 0 Å². The summed E-state index contributed by atoms with van der Waals surface area (Å²) < 4.78 is 7.42. The number of likely N-dealkylation sites (N-methyl/N-ethyl adjacent to an activating group) is 2. The van der Waals surface area contributed by atoms with Crippen molar-refractivity contribution < 1.29 is 19.4 Å².